The molecule has 0 radical (unpaired) electrons. The molecule has 0 bridgehead atoms. The molecule has 100 valence electrons. The van der Waals surface area contributed by atoms with Gasteiger partial charge in [-0.25, -0.2) is 9.97 Å². The number of nitrogens with zero attached hydrogens (tertiary/aromatic N) is 2. The first-order chi connectivity index (χ1) is 9.90. The Balaban J connectivity index is 1.80. The van der Waals surface area contributed by atoms with Crippen LogP contribution in [0.15, 0.2) is 41.1 Å². The fraction of sp³-hybridized carbons (Fsp3) is 0.250. The lowest BCUT2D eigenvalue weighted by atomic mass is 10.2. The van der Waals surface area contributed by atoms with Crippen LogP contribution >= 0.6 is 11.3 Å². The molecule has 0 spiro atoms. The van der Waals surface area contributed by atoms with Gasteiger partial charge in [0, 0.05) is 22.9 Å². The third-order valence-electron chi connectivity index (χ3n) is 3.64. The van der Waals surface area contributed by atoms with Crippen molar-refractivity contribution in [3.05, 3.63) is 41.1 Å². The van der Waals surface area contributed by atoms with Crippen LogP contribution in [0.2, 0.25) is 0 Å². The highest BCUT2D eigenvalue weighted by Crippen LogP contribution is 2.31. The van der Waals surface area contributed by atoms with Crippen molar-refractivity contribution in [2.45, 2.75) is 12.8 Å². The molecule has 0 unspecified atom stereocenters. The maximum absolute atomic E-state index is 4.73. The molecule has 0 saturated heterocycles. The predicted octanol–water partition coefficient (Wildman–Crippen LogP) is 4.18. The van der Waals surface area contributed by atoms with E-state index in [1.54, 1.807) is 11.3 Å². The standard InChI is InChI=1S/C16H15N3S/c1-2-4-14-13(3-1)16(17-9-11-5-6-11)19-15(18-14)12-7-8-20-10-12/h1-4,7-8,10-11H,5-6,9H2,(H,17,18,19). The van der Waals surface area contributed by atoms with E-state index in [0.29, 0.717) is 0 Å². The van der Waals surface area contributed by atoms with E-state index in [2.05, 4.69) is 39.3 Å². The summed E-state index contributed by atoms with van der Waals surface area (Å²) in [6.45, 7) is 1.02. The monoisotopic (exact) mass is 281 g/mol. The second kappa shape index (κ2) is 4.87. The quantitative estimate of drug-likeness (QED) is 0.779. The number of fused-ring (bicyclic) bond motifs is 1. The average molecular weight is 281 g/mol. The van der Waals surface area contributed by atoms with Crippen LogP contribution in [0.5, 0.6) is 0 Å². The van der Waals surface area contributed by atoms with Crippen molar-refractivity contribution < 1.29 is 0 Å². The number of anilines is 1. The van der Waals surface area contributed by atoms with Gasteiger partial charge < -0.3 is 5.32 Å². The second-order valence-corrected chi connectivity index (χ2v) is 6.03. The molecule has 1 aliphatic carbocycles. The SMILES string of the molecule is c1ccc2c(NCC3CC3)nc(-c3ccsc3)nc2c1. The van der Waals surface area contributed by atoms with E-state index < -0.39 is 0 Å². The highest BCUT2D eigenvalue weighted by molar-refractivity contribution is 7.08. The van der Waals surface area contributed by atoms with Crippen molar-refractivity contribution in [3.8, 4) is 11.4 Å². The normalized spacial score (nSPS) is 14.6. The van der Waals surface area contributed by atoms with E-state index in [9.17, 15) is 0 Å². The summed E-state index contributed by atoms with van der Waals surface area (Å²) in [5.74, 6) is 2.60. The van der Waals surface area contributed by atoms with Gasteiger partial charge in [0.2, 0.25) is 0 Å². The zero-order chi connectivity index (χ0) is 13.4. The fourth-order valence-corrected chi connectivity index (χ4v) is 2.93. The summed E-state index contributed by atoms with van der Waals surface area (Å²) in [5.41, 5.74) is 2.09. The summed E-state index contributed by atoms with van der Waals surface area (Å²) in [4.78, 5) is 9.40. The van der Waals surface area contributed by atoms with Gasteiger partial charge >= 0.3 is 0 Å². The summed E-state index contributed by atoms with van der Waals surface area (Å²) in [7, 11) is 0. The Labute approximate surface area is 121 Å². The highest BCUT2D eigenvalue weighted by Gasteiger charge is 2.21. The lowest BCUT2D eigenvalue weighted by Gasteiger charge is -2.10. The summed E-state index contributed by atoms with van der Waals surface area (Å²) in [5, 5.41) is 8.76. The van der Waals surface area contributed by atoms with E-state index in [1.165, 1.54) is 12.8 Å². The van der Waals surface area contributed by atoms with Crippen LogP contribution in [0.1, 0.15) is 12.8 Å². The molecule has 4 rings (SSSR count). The fourth-order valence-electron chi connectivity index (χ4n) is 2.30. The van der Waals surface area contributed by atoms with E-state index in [1.807, 2.05) is 12.1 Å². The first-order valence-corrected chi connectivity index (χ1v) is 7.87. The van der Waals surface area contributed by atoms with E-state index in [-0.39, 0.29) is 0 Å². The van der Waals surface area contributed by atoms with Crippen LogP contribution < -0.4 is 5.32 Å². The number of nitrogens with one attached hydrogen (secondary N) is 1. The van der Waals surface area contributed by atoms with Crippen LogP contribution in [-0.4, -0.2) is 16.5 Å². The maximum atomic E-state index is 4.73. The van der Waals surface area contributed by atoms with Crippen molar-refractivity contribution >= 4 is 28.1 Å². The Morgan fingerprint density at radius 2 is 2.05 bits per heavy atom. The third kappa shape index (κ3) is 2.27. The molecule has 0 aliphatic heterocycles. The Morgan fingerprint density at radius 1 is 1.15 bits per heavy atom. The molecule has 0 atom stereocenters. The molecule has 1 saturated carbocycles. The number of aromatic nitrogens is 2. The minimum absolute atomic E-state index is 0.809. The van der Waals surface area contributed by atoms with Gasteiger partial charge in [-0.3, -0.25) is 0 Å². The largest absolute Gasteiger partial charge is 0.369 e. The van der Waals surface area contributed by atoms with E-state index in [4.69, 9.17) is 4.98 Å². The van der Waals surface area contributed by atoms with Crippen molar-refractivity contribution in [2.24, 2.45) is 5.92 Å². The van der Waals surface area contributed by atoms with Crippen LogP contribution in [0.25, 0.3) is 22.3 Å². The molecule has 2 aromatic heterocycles. The Bertz CT molecular complexity index is 733. The minimum Gasteiger partial charge on any atom is -0.369 e. The van der Waals surface area contributed by atoms with Crippen LogP contribution in [0.4, 0.5) is 5.82 Å². The molecule has 1 N–H and O–H groups in total. The van der Waals surface area contributed by atoms with Gasteiger partial charge in [0.05, 0.1) is 5.52 Å². The molecule has 0 amide bonds. The van der Waals surface area contributed by atoms with E-state index >= 15 is 0 Å². The lowest BCUT2D eigenvalue weighted by molar-refractivity contribution is 0.884. The number of rotatable bonds is 4. The molecular formula is C16H15N3S. The Hall–Kier alpha value is -1.94. The summed E-state index contributed by atoms with van der Waals surface area (Å²) >= 11 is 1.67. The molecule has 1 aliphatic rings. The van der Waals surface area contributed by atoms with Crippen molar-refractivity contribution in [1.29, 1.82) is 0 Å². The van der Waals surface area contributed by atoms with Crippen LogP contribution in [-0.2, 0) is 0 Å². The van der Waals surface area contributed by atoms with Crippen LogP contribution in [0, 0.1) is 5.92 Å². The molecule has 4 heteroatoms. The summed E-state index contributed by atoms with van der Waals surface area (Å²) in [6, 6.07) is 10.3. The lowest BCUT2D eigenvalue weighted by Crippen LogP contribution is -2.06. The molecule has 3 aromatic rings. The number of hydrogen-bond acceptors (Lipinski definition) is 4. The Kier molecular flexibility index (Phi) is 2.89. The van der Waals surface area contributed by atoms with Gasteiger partial charge in [-0.15, -0.1) is 0 Å². The smallest absolute Gasteiger partial charge is 0.162 e. The van der Waals surface area contributed by atoms with Gasteiger partial charge in [0.1, 0.15) is 5.82 Å². The molecule has 3 nitrogen and oxygen atoms in total. The molecule has 1 fully saturated rings. The zero-order valence-corrected chi connectivity index (χ0v) is 11.9. The molecular weight excluding hydrogens is 266 g/mol. The molecule has 2 heterocycles. The second-order valence-electron chi connectivity index (χ2n) is 5.25. The van der Waals surface area contributed by atoms with Gasteiger partial charge in [-0.1, -0.05) is 12.1 Å². The number of benzene rings is 1. The summed E-state index contributed by atoms with van der Waals surface area (Å²) in [6.07, 6.45) is 2.68. The average Bonchev–Trinajstić information content (AvgIpc) is 3.15. The van der Waals surface area contributed by atoms with Gasteiger partial charge in [0.15, 0.2) is 5.82 Å². The number of thiophene rings is 1. The highest BCUT2D eigenvalue weighted by atomic mass is 32.1. The third-order valence-corrected chi connectivity index (χ3v) is 4.32. The van der Waals surface area contributed by atoms with Crippen molar-refractivity contribution in [1.82, 2.24) is 9.97 Å². The first kappa shape index (κ1) is 11.9. The van der Waals surface area contributed by atoms with Crippen molar-refractivity contribution in [3.63, 3.8) is 0 Å². The predicted molar refractivity (Wildman–Crippen MR) is 84.1 cm³/mol. The zero-order valence-electron chi connectivity index (χ0n) is 11.0. The van der Waals surface area contributed by atoms with Gasteiger partial charge in [-0.2, -0.15) is 11.3 Å². The first-order valence-electron chi connectivity index (χ1n) is 6.93. The van der Waals surface area contributed by atoms with Crippen LogP contribution in [0.3, 0.4) is 0 Å². The van der Waals surface area contributed by atoms with Crippen molar-refractivity contribution in [2.75, 3.05) is 11.9 Å². The Morgan fingerprint density at radius 3 is 2.85 bits per heavy atom. The summed E-state index contributed by atoms with van der Waals surface area (Å²) < 4.78 is 0. The van der Waals surface area contributed by atoms with E-state index in [0.717, 1.165) is 40.6 Å². The maximum Gasteiger partial charge on any atom is 0.162 e. The topological polar surface area (TPSA) is 37.8 Å². The minimum atomic E-state index is 0.809. The number of hydrogen-bond donors (Lipinski definition) is 1. The van der Waals surface area contributed by atoms with Gasteiger partial charge in [0.25, 0.3) is 0 Å². The van der Waals surface area contributed by atoms with Gasteiger partial charge in [-0.05, 0) is 42.3 Å². The number of para-hydroxylation sites is 1. The molecule has 20 heavy (non-hydrogen) atoms. The molecule has 1 aromatic carbocycles.